The standard InChI is InChI=1S/C13H12O8/c1-5(10(14)15)9(13(20)21)7-3-2-6(11(16)17)4-8(7)12(18)19/h2-5,9H,1H3,(H,14,15)(H,16,17)(H,18,19)(H,20,21). The van der Waals surface area contributed by atoms with Crippen LogP contribution in [0.1, 0.15) is 39.1 Å². The molecule has 0 aliphatic heterocycles. The lowest BCUT2D eigenvalue weighted by Gasteiger charge is -2.19. The molecule has 0 aliphatic rings. The summed E-state index contributed by atoms with van der Waals surface area (Å²) in [5, 5.41) is 36.0. The van der Waals surface area contributed by atoms with Gasteiger partial charge in [-0.25, -0.2) is 9.59 Å². The van der Waals surface area contributed by atoms with Gasteiger partial charge in [-0.3, -0.25) is 9.59 Å². The van der Waals surface area contributed by atoms with Gasteiger partial charge < -0.3 is 20.4 Å². The molecule has 0 radical (unpaired) electrons. The van der Waals surface area contributed by atoms with E-state index < -0.39 is 41.3 Å². The Balaban J connectivity index is 3.51. The summed E-state index contributed by atoms with van der Waals surface area (Å²) in [7, 11) is 0. The van der Waals surface area contributed by atoms with E-state index >= 15 is 0 Å². The molecule has 0 spiro atoms. The first kappa shape index (κ1) is 16.2. The summed E-state index contributed by atoms with van der Waals surface area (Å²) in [6.07, 6.45) is 0. The number of carboxylic acids is 4. The van der Waals surface area contributed by atoms with Crippen LogP contribution in [0.2, 0.25) is 0 Å². The molecule has 1 rings (SSSR count). The Morgan fingerprint density at radius 1 is 0.905 bits per heavy atom. The van der Waals surface area contributed by atoms with E-state index in [-0.39, 0.29) is 11.1 Å². The van der Waals surface area contributed by atoms with Crippen molar-refractivity contribution in [1.29, 1.82) is 0 Å². The first-order valence-corrected chi connectivity index (χ1v) is 5.73. The van der Waals surface area contributed by atoms with Crippen LogP contribution in [0.4, 0.5) is 0 Å². The number of carbonyl (C=O) groups is 4. The molecule has 0 fully saturated rings. The highest BCUT2D eigenvalue weighted by molar-refractivity contribution is 5.97. The maximum absolute atomic E-state index is 11.3. The molecule has 4 N–H and O–H groups in total. The molecule has 8 heteroatoms. The molecule has 0 aliphatic carbocycles. The van der Waals surface area contributed by atoms with Crippen molar-refractivity contribution in [2.45, 2.75) is 12.8 Å². The molecule has 0 aromatic heterocycles. The molecule has 0 heterocycles. The third kappa shape index (κ3) is 3.35. The van der Waals surface area contributed by atoms with Crippen LogP contribution in [0.3, 0.4) is 0 Å². The Morgan fingerprint density at radius 3 is 1.86 bits per heavy atom. The SMILES string of the molecule is CC(C(=O)O)C(C(=O)O)c1ccc(C(=O)O)cc1C(=O)O. The molecule has 21 heavy (non-hydrogen) atoms. The first-order valence-electron chi connectivity index (χ1n) is 5.73. The van der Waals surface area contributed by atoms with Gasteiger partial charge in [0.25, 0.3) is 0 Å². The third-order valence-electron chi connectivity index (χ3n) is 3.02. The second-order valence-electron chi connectivity index (χ2n) is 4.36. The molecule has 0 amide bonds. The van der Waals surface area contributed by atoms with E-state index in [4.69, 9.17) is 20.4 Å². The summed E-state index contributed by atoms with van der Waals surface area (Å²) < 4.78 is 0. The smallest absolute Gasteiger partial charge is 0.336 e. The Morgan fingerprint density at radius 2 is 1.48 bits per heavy atom. The third-order valence-corrected chi connectivity index (χ3v) is 3.02. The Kier molecular flexibility index (Phi) is 4.64. The van der Waals surface area contributed by atoms with E-state index in [0.29, 0.717) is 0 Å². The van der Waals surface area contributed by atoms with E-state index in [0.717, 1.165) is 25.1 Å². The molecule has 0 saturated carbocycles. The van der Waals surface area contributed by atoms with Gasteiger partial charge in [-0.2, -0.15) is 0 Å². The minimum absolute atomic E-state index is 0.255. The van der Waals surface area contributed by atoms with Gasteiger partial charge in [0.05, 0.1) is 23.0 Å². The minimum Gasteiger partial charge on any atom is -0.481 e. The number of hydrogen-bond donors (Lipinski definition) is 4. The Hall–Kier alpha value is -2.90. The first-order chi connectivity index (χ1) is 9.66. The molecular formula is C13H12O8. The fourth-order valence-corrected chi connectivity index (χ4v) is 1.90. The Labute approximate surface area is 118 Å². The summed E-state index contributed by atoms with van der Waals surface area (Å²) in [6.45, 7) is 1.14. The van der Waals surface area contributed by atoms with Crippen LogP contribution in [-0.4, -0.2) is 44.3 Å². The van der Waals surface area contributed by atoms with Crippen LogP contribution >= 0.6 is 0 Å². The maximum atomic E-state index is 11.3. The van der Waals surface area contributed by atoms with Gasteiger partial charge in [0.15, 0.2) is 0 Å². The van der Waals surface area contributed by atoms with E-state index in [1.54, 1.807) is 0 Å². The fraction of sp³-hybridized carbons (Fsp3) is 0.231. The van der Waals surface area contributed by atoms with E-state index in [1.807, 2.05) is 0 Å². The zero-order chi connectivity index (χ0) is 16.3. The van der Waals surface area contributed by atoms with Crippen molar-refractivity contribution in [2.24, 2.45) is 5.92 Å². The number of hydrogen-bond acceptors (Lipinski definition) is 4. The highest BCUT2D eigenvalue weighted by Gasteiger charge is 2.34. The summed E-state index contributed by atoms with van der Waals surface area (Å²) in [4.78, 5) is 44.2. The molecule has 1 aromatic rings. The van der Waals surface area contributed by atoms with Crippen LogP contribution in [-0.2, 0) is 9.59 Å². The van der Waals surface area contributed by atoms with Gasteiger partial charge >= 0.3 is 23.9 Å². The summed E-state index contributed by atoms with van der Waals surface area (Å²) >= 11 is 0. The largest absolute Gasteiger partial charge is 0.481 e. The highest BCUT2D eigenvalue weighted by Crippen LogP contribution is 2.29. The van der Waals surface area contributed by atoms with Crippen LogP contribution < -0.4 is 0 Å². The summed E-state index contributed by atoms with van der Waals surface area (Å²) in [6, 6.07) is 2.87. The lowest BCUT2D eigenvalue weighted by atomic mass is 9.84. The molecule has 2 atom stereocenters. The molecule has 112 valence electrons. The number of aliphatic carboxylic acids is 2. The predicted octanol–water partition coefficient (Wildman–Crippen LogP) is 0.972. The van der Waals surface area contributed by atoms with Crippen molar-refractivity contribution in [1.82, 2.24) is 0 Å². The van der Waals surface area contributed by atoms with Crippen LogP contribution in [0, 0.1) is 5.92 Å². The monoisotopic (exact) mass is 296 g/mol. The molecule has 8 nitrogen and oxygen atoms in total. The summed E-state index contributed by atoms with van der Waals surface area (Å²) in [5.74, 6) is -8.79. The quantitative estimate of drug-likeness (QED) is 0.606. The van der Waals surface area contributed by atoms with Crippen molar-refractivity contribution in [3.8, 4) is 0 Å². The average Bonchev–Trinajstić information content (AvgIpc) is 2.37. The van der Waals surface area contributed by atoms with Crippen LogP contribution in [0.5, 0.6) is 0 Å². The number of benzene rings is 1. The highest BCUT2D eigenvalue weighted by atomic mass is 16.4. The lowest BCUT2D eigenvalue weighted by Crippen LogP contribution is -2.27. The lowest BCUT2D eigenvalue weighted by molar-refractivity contribution is -0.149. The second kappa shape index (κ2) is 6.04. The van der Waals surface area contributed by atoms with E-state index in [9.17, 15) is 19.2 Å². The topological polar surface area (TPSA) is 149 Å². The maximum Gasteiger partial charge on any atom is 0.336 e. The van der Waals surface area contributed by atoms with Crippen molar-refractivity contribution >= 4 is 23.9 Å². The van der Waals surface area contributed by atoms with Crippen molar-refractivity contribution in [3.63, 3.8) is 0 Å². The van der Waals surface area contributed by atoms with Gasteiger partial charge in [-0.05, 0) is 17.7 Å². The number of aromatic carboxylic acids is 2. The fourth-order valence-electron chi connectivity index (χ4n) is 1.90. The predicted molar refractivity (Wildman–Crippen MR) is 67.5 cm³/mol. The molecule has 0 bridgehead atoms. The van der Waals surface area contributed by atoms with Gasteiger partial charge in [0, 0.05) is 0 Å². The molecule has 2 unspecified atom stereocenters. The van der Waals surface area contributed by atoms with Gasteiger partial charge in [-0.15, -0.1) is 0 Å². The Bertz CT molecular complexity index is 619. The van der Waals surface area contributed by atoms with E-state index in [2.05, 4.69) is 0 Å². The van der Waals surface area contributed by atoms with E-state index in [1.165, 1.54) is 0 Å². The summed E-state index contributed by atoms with van der Waals surface area (Å²) in [5.41, 5.74) is -1.13. The van der Waals surface area contributed by atoms with Gasteiger partial charge in [0.1, 0.15) is 0 Å². The van der Waals surface area contributed by atoms with Crippen LogP contribution in [0.15, 0.2) is 18.2 Å². The minimum atomic E-state index is -1.60. The number of rotatable bonds is 6. The second-order valence-corrected chi connectivity index (χ2v) is 4.36. The normalized spacial score (nSPS) is 13.2. The molecule has 1 aromatic carbocycles. The van der Waals surface area contributed by atoms with Gasteiger partial charge in [0.2, 0.25) is 0 Å². The zero-order valence-electron chi connectivity index (χ0n) is 10.8. The van der Waals surface area contributed by atoms with Crippen molar-refractivity contribution in [2.75, 3.05) is 0 Å². The van der Waals surface area contributed by atoms with Crippen molar-refractivity contribution < 1.29 is 39.6 Å². The van der Waals surface area contributed by atoms with Crippen molar-refractivity contribution in [3.05, 3.63) is 34.9 Å². The van der Waals surface area contributed by atoms with Gasteiger partial charge in [-0.1, -0.05) is 13.0 Å². The molecular weight excluding hydrogens is 284 g/mol. The van der Waals surface area contributed by atoms with Crippen LogP contribution in [0.25, 0.3) is 0 Å². The molecule has 0 saturated heterocycles. The number of carboxylic acid groups (broad SMARTS) is 4. The zero-order valence-corrected chi connectivity index (χ0v) is 10.8. The average molecular weight is 296 g/mol.